The number of methoxy groups -OCH3 is 1. The Balaban J connectivity index is 2.21. The summed E-state index contributed by atoms with van der Waals surface area (Å²) >= 11 is 0. The second-order valence-corrected chi connectivity index (χ2v) is 5.99. The molecule has 7 heteroatoms. The summed E-state index contributed by atoms with van der Waals surface area (Å²) in [7, 11) is 1.51. The Morgan fingerprint density at radius 2 is 1.85 bits per heavy atom. The molecule has 0 saturated carbocycles. The third-order valence-electron chi connectivity index (χ3n) is 4.25. The van der Waals surface area contributed by atoms with Crippen molar-refractivity contribution in [3.63, 3.8) is 0 Å². The number of ether oxygens (including phenoxy) is 1. The number of hydrogen-bond acceptors (Lipinski definition) is 2. The number of alkyl halides is 3. The highest BCUT2D eigenvalue weighted by atomic mass is 19.4. The summed E-state index contributed by atoms with van der Waals surface area (Å²) in [5, 5.41) is 9.95. The second-order valence-electron chi connectivity index (χ2n) is 5.99. The van der Waals surface area contributed by atoms with Crippen LogP contribution in [0, 0.1) is 6.92 Å². The van der Waals surface area contributed by atoms with Gasteiger partial charge in [0.25, 0.3) is 0 Å². The minimum atomic E-state index is -4.42. The van der Waals surface area contributed by atoms with Gasteiger partial charge in [-0.15, -0.1) is 0 Å². The SMILES string of the molecule is COc1cc(C)c2[nH]c(-c3ccc(C(F)(F)F)cc3)c(CC(=O)O)c2c1. The van der Waals surface area contributed by atoms with E-state index in [1.165, 1.54) is 19.2 Å². The summed E-state index contributed by atoms with van der Waals surface area (Å²) in [6, 6.07) is 8.18. The summed E-state index contributed by atoms with van der Waals surface area (Å²) in [5.74, 6) is -0.445. The van der Waals surface area contributed by atoms with Gasteiger partial charge in [-0.1, -0.05) is 12.1 Å². The normalized spacial score (nSPS) is 11.7. The monoisotopic (exact) mass is 363 g/mol. The first kappa shape index (κ1) is 17.8. The van der Waals surface area contributed by atoms with Crippen molar-refractivity contribution in [1.82, 2.24) is 4.98 Å². The molecular weight excluding hydrogens is 347 g/mol. The van der Waals surface area contributed by atoms with Gasteiger partial charge < -0.3 is 14.8 Å². The van der Waals surface area contributed by atoms with Crippen LogP contribution >= 0.6 is 0 Å². The van der Waals surface area contributed by atoms with Gasteiger partial charge in [0.1, 0.15) is 5.75 Å². The van der Waals surface area contributed by atoms with E-state index in [4.69, 9.17) is 4.74 Å². The molecule has 0 atom stereocenters. The lowest BCUT2D eigenvalue weighted by atomic mass is 10.0. The summed E-state index contributed by atoms with van der Waals surface area (Å²) in [6.07, 6.45) is -4.68. The molecule has 26 heavy (non-hydrogen) atoms. The molecule has 0 fully saturated rings. The summed E-state index contributed by atoms with van der Waals surface area (Å²) in [6.45, 7) is 1.85. The zero-order valence-electron chi connectivity index (χ0n) is 14.1. The molecule has 4 nitrogen and oxygen atoms in total. The van der Waals surface area contributed by atoms with E-state index in [9.17, 15) is 23.1 Å². The van der Waals surface area contributed by atoms with Crippen LogP contribution in [0.15, 0.2) is 36.4 Å². The summed E-state index contributed by atoms with van der Waals surface area (Å²) < 4.78 is 43.6. The van der Waals surface area contributed by atoms with Gasteiger partial charge in [-0.05, 0) is 47.9 Å². The molecule has 3 aromatic rings. The molecule has 136 valence electrons. The Kier molecular flexibility index (Phi) is 4.39. The molecule has 0 saturated heterocycles. The lowest BCUT2D eigenvalue weighted by Crippen LogP contribution is -2.04. The summed E-state index contributed by atoms with van der Waals surface area (Å²) in [4.78, 5) is 14.5. The number of carbonyl (C=O) groups is 1. The van der Waals surface area contributed by atoms with E-state index in [1.54, 1.807) is 12.1 Å². The van der Waals surface area contributed by atoms with Crippen molar-refractivity contribution in [3.8, 4) is 17.0 Å². The fourth-order valence-corrected chi connectivity index (χ4v) is 3.02. The smallest absolute Gasteiger partial charge is 0.416 e. The van der Waals surface area contributed by atoms with Crippen LogP contribution in [0.25, 0.3) is 22.2 Å². The van der Waals surface area contributed by atoms with Crippen molar-refractivity contribution in [2.75, 3.05) is 7.11 Å². The number of halogens is 3. The van der Waals surface area contributed by atoms with Crippen molar-refractivity contribution in [1.29, 1.82) is 0 Å². The molecule has 0 aliphatic carbocycles. The minimum Gasteiger partial charge on any atom is -0.497 e. The molecular formula is C19H16F3NO3. The number of benzene rings is 2. The van der Waals surface area contributed by atoms with Crippen molar-refractivity contribution >= 4 is 16.9 Å². The van der Waals surface area contributed by atoms with E-state index in [1.807, 2.05) is 6.92 Å². The molecule has 2 aromatic carbocycles. The van der Waals surface area contributed by atoms with Gasteiger partial charge in [-0.25, -0.2) is 0 Å². The Hall–Kier alpha value is -2.96. The highest BCUT2D eigenvalue weighted by Gasteiger charge is 2.30. The van der Waals surface area contributed by atoms with Crippen molar-refractivity contribution in [2.45, 2.75) is 19.5 Å². The van der Waals surface area contributed by atoms with Crippen LogP contribution in [0.1, 0.15) is 16.7 Å². The van der Waals surface area contributed by atoms with Crippen LogP contribution in [-0.4, -0.2) is 23.2 Å². The first-order valence-electron chi connectivity index (χ1n) is 7.79. The van der Waals surface area contributed by atoms with E-state index in [-0.39, 0.29) is 6.42 Å². The van der Waals surface area contributed by atoms with E-state index >= 15 is 0 Å². The van der Waals surface area contributed by atoms with E-state index in [0.717, 1.165) is 23.2 Å². The zero-order chi connectivity index (χ0) is 19.1. The topological polar surface area (TPSA) is 62.3 Å². The molecule has 0 bridgehead atoms. The largest absolute Gasteiger partial charge is 0.497 e. The van der Waals surface area contributed by atoms with Crippen LogP contribution in [0.5, 0.6) is 5.75 Å². The van der Waals surface area contributed by atoms with E-state index < -0.39 is 17.7 Å². The molecule has 1 aromatic heterocycles. The maximum Gasteiger partial charge on any atom is 0.416 e. The number of H-pyrrole nitrogens is 1. The lowest BCUT2D eigenvalue weighted by molar-refractivity contribution is -0.138. The standard InChI is InChI=1S/C19H16F3NO3/c1-10-7-13(26-2)8-14-15(9-16(24)25)18(23-17(10)14)11-3-5-12(6-4-11)19(20,21)22/h3-8,23H,9H2,1-2H3,(H,24,25). The minimum absolute atomic E-state index is 0.261. The Morgan fingerprint density at radius 3 is 2.38 bits per heavy atom. The van der Waals surface area contributed by atoms with Gasteiger partial charge in [-0.3, -0.25) is 4.79 Å². The molecule has 2 N–H and O–H groups in total. The molecule has 3 rings (SSSR count). The third-order valence-corrected chi connectivity index (χ3v) is 4.25. The Labute approximate surface area is 147 Å². The fourth-order valence-electron chi connectivity index (χ4n) is 3.02. The molecule has 1 heterocycles. The zero-order valence-corrected chi connectivity index (χ0v) is 14.1. The van der Waals surface area contributed by atoms with E-state index in [0.29, 0.717) is 28.0 Å². The average molecular weight is 363 g/mol. The molecule has 0 unspecified atom stereocenters. The number of carboxylic acids is 1. The van der Waals surface area contributed by atoms with Gasteiger partial charge in [0.2, 0.25) is 0 Å². The van der Waals surface area contributed by atoms with Crippen molar-refractivity contribution < 1.29 is 27.8 Å². The maximum absolute atomic E-state index is 12.8. The van der Waals surface area contributed by atoms with Gasteiger partial charge in [0.05, 0.1) is 24.8 Å². The number of aromatic nitrogens is 1. The number of aliphatic carboxylic acids is 1. The lowest BCUT2D eigenvalue weighted by Gasteiger charge is -2.08. The second kappa shape index (κ2) is 6.40. The van der Waals surface area contributed by atoms with Crippen LogP contribution in [-0.2, 0) is 17.4 Å². The number of fused-ring (bicyclic) bond motifs is 1. The van der Waals surface area contributed by atoms with Gasteiger partial charge in [0, 0.05) is 10.9 Å². The number of aryl methyl sites for hydroxylation is 1. The van der Waals surface area contributed by atoms with Gasteiger partial charge >= 0.3 is 12.1 Å². The van der Waals surface area contributed by atoms with E-state index in [2.05, 4.69) is 4.98 Å². The van der Waals surface area contributed by atoms with Crippen LogP contribution < -0.4 is 4.74 Å². The highest BCUT2D eigenvalue weighted by molar-refractivity contribution is 5.96. The van der Waals surface area contributed by atoms with Crippen molar-refractivity contribution in [3.05, 3.63) is 53.1 Å². The van der Waals surface area contributed by atoms with Crippen LogP contribution in [0.4, 0.5) is 13.2 Å². The van der Waals surface area contributed by atoms with Crippen LogP contribution in [0.2, 0.25) is 0 Å². The number of aromatic amines is 1. The number of carboxylic acid groups (broad SMARTS) is 1. The van der Waals surface area contributed by atoms with Crippen molar-refractivity contribution in [2.24, 2.45) is 0 Å². The predicted octanol–water partition coefficient (Wildman–Crippen LogP) is 4.80. The third kappa shape index (κ3) is 3.24. The molecule has 0 amide bonds. The Morgan fingerprint density at radius 1 is 1.19 bits per heavy atom. The molecule has 0 aliphatic rings. The quantitative estimate of drug-likeness (QED) is 0.700. The first-order valence-corrected chi connectivity index (χ1v) is 7.79. The first-order chi connectivity index (χ1) is 12.2. The van der Waals surface area contributed by atoms with Gasteiger partial charge in [-0.2, -0.15) is 13.2 Å². The van der Waals surface area contributed by atoms with Crippen LogP contribution in [0.3, 0.4) is 0 Å². The van der Waals surface area contributed by atoms with Gasteiger partial charge in [0.15, 0.2) is 0 Å². The molecule has 0 aliphatic heterocycles. The molecule has 0 spiro atoms. The number of rotatable bonds is 4. The highest BCUT2D eigenvalue weighted by Crippen LogP contribution is 2.36. The number of hydrogen-bond donors (Lipinski definition) is 2. The fraction of sp³-hybridized carbons (Fsp3) is 0.211. The maximum atomic E-state index is 12.8. The summed E-state index contributed by atoms with van der Waals surface area (Å²) in [5.41, 5.74) is 2.32. The Bertz CT molecular complexity index is 972. The molecule has 0 radical (unpaired) electrons. The predicted molar refractivity (Wildman–Crippen MR) is 91.4 cm³/mol. The average Bonchev–Trinajstić information content (AvgIpc) is 2.92. The number of nitrogens with one attached hydrogen (secondary N) is 1.